The zero-order chi connectivity index (χ0) is 9.42. The van der Waals surface area contributed by atoms with Crippen molar-refractivity contribution in [3.8, 4) is 11.4 Å². The standard InChI is InChI=1S/C9H10N2S2/c1-5-9(11-7(3)13-5)8-4-12-6(2)10-8/h4H,1-3H3. The molecule has 0 aromatic carbocycles. The Kier molecular flexibility index (Phi) is 2.17. The Morgan fingerprint density at radius 1 is 1.08 bits per heavy atom. The molecule has 0 aliphatic rings. The first kappa shape index (κ1) is 8.84. The van der Waals surface area contributed by atoms with Crippen molar-refractivity contribution in [1.82, 2.24) is 9.97 Å². The van der Waals surface area contributed by atoms with Crippen LogP contribution in [0, 0.1) is 20.8 Å². The van der Waals surface area contributed by atoms with Crippen LogP contribution in [0.3, 0.4) is 0 Å². The van der Waals surface area contributed by atoms with E-state index in [4.69, 9.17) is 0 Å². The molecular formula is C9H10N2S2. The third-order valence-corrected chi connectivity index (χ3v) is 3.42. The van der Waals surface area contributed by atoms with E-state index in [9.17, 15) is 0 Å². The second-order valence-electron chi connectivity index (χ2n) is 2.89. The summed E-state index contributed by atoms with van der Waals surface area (Å²) in [7, 11) is 0. The third-order valence-electron chi connectivity index (χ3n) is 1.77. The van der Waals surface area contributed by atoms with Crippen LogP contribution < -0.4 is 0 Å². The monoisotopic (exact) mass is 210 g/mol. The van der Waals surface area contributed by atoms with Gasteiger partial charge in [-0.05, 0) is 20.8 Å². The lowest BCUT2D eigenvalue weighted by Gasteiger charge is -1.89. The average molecular weight is 210 g/mol. The number of nitrogens with zero attached hydrogens (tertiary/aromatic N) is 2. The second kappa shape index (κ2) is 3.20. The SMILES string of the molecule is Cc1nc(-c2nc(C)sc2C)cs1. The summed E-state index contributed by atoms with van der Waals surface area (Å²) in [5.74, 6) is 0. The highest BCUT2D eigenvalue weighted by Crippen LogP contribution is 2.27. The van der Waals surface area contributed by atoms with Gasteiger partial charge in [0.25, 0.3) is 0 Å². The van der Waals surface area contributed by atoms with E-state index in [1.165, 1.54) is 4.88 Å². The Morgan fingerprint density at radius 2 is 1.85 bits per heavy atom. The van der Waals surface area contributed by atoms with Gasteiger partial charge in [0.1, 0.15) is 11.4 Å². The summed E-state index contributed by atoms with van der Waals surface area (Å²) in [6, 6.07) is 0. The van der Waals surface area contributed by atoms with Crippen LogP contribution in [0.25, 0.3) is 11.4 Å². The molecule has 2 nitrogen and oxygen atoms in total. The van der Waals surface area contributed by atoms with E-state index < -0.39 is 0 Å². The Morgan fingerprint density at radius 3 is 2.31 bits per heavy atom. The fraction of sp³-hybridized carbons (Fsp3) is 0.333. The second-order valence-corrected chi connectivity index (χ2v) is 5.36. The first-order valence-corrected chi connectivity index (χ1v) is 5.73. The number of rotatable bonds is 1. The van der Waals surface area contributed by atoms with Gasteiger partial charge >= 0.3 is 0 Å². The van der Waals surface area contributed by atoms with Crippen LogP contribution in [0.5, 0.6) is 0 Å². The number of aromatic nitrogens is 2. The van der Waals surface area contributed by atoms with Crippen molar-refractivity contribution >= 4 is 22.7 Å². The first-order chi connectivity index (χ1) is 6.16. The zero-order valence-corrected chi connectivity index (χ0v) is 9.42. The van der Waals surface area contributed by atoms with Crippen molar-refractivity contribution in [3.05, 3.63) is 20.3 Å². The number of hydrogen-bond donors (Lipinski definition) is 0. The molecule has 4 heteroatoms. The van der Waals surface area contributed by atoms with Crippen LogP contribution in [-0.2, 0) is 0 Å². The van der Waals surface area contributed by atoms with Gasteiger partial charge in [0.15, 0.2) is 0 Å². The maximum atomic E-state index is 4.46. The molecule has 0 bridgehead atoms. The molecule has 2 aromatic rings. The summed E-state index contributed by atoms with van der Waals surface area (Å²) in [5, 5.41) is 4.27. The largest absolute Gasteiger partial charge is 0.240 e. The summed E-state index contributed by atoms with van der Waals surface area (Å²) in [6.07, 6.45) is 0. The van der Waals surface area contributed by atoms with Crippen LogP contribution in [0.1, 0.15) is 14.9 Å². The topological polar surface area (TPSA) is 25.8 Å². The fourth-order valence-corrected chi connectivity index (χ4v) is 2.66. The van der Waals surface area contributed by atoms with E-state index in [0.717, 1.165) is 21.4 Å². The molecule has 2 rings (SSSR count). The molecule has 68 valence electrons. The minimum absolute atomic E-state index is 1.02. The van der Waals surface area contributed by atoms with Crippen LogP contribution in [0.2, 0.25) is 0 Å². The molecule has 0 amide bonds. The van der Waals surface area contributed by atoms with Gasteiger partial charge in [-0.15, -0.1) is 22.7 Å². The van der Waals surface area contributed by atoms with Gasteiger partial charge in [-0.1, -0.05) is 0 Å². The smallest absolute Gasteiger partial charge is 0.104 e. The Bertz CT molecular complexity index is 429. The van der Waals surface area contributed by atoms with Crippen LogP contribution >= 0.6 is 22.7 Å². The van der Waals surface area contributed by atoms with Crippen molar-refractivity contribution in [3.63, 3.8) is 0 Å². The van der Waals surface area contributed by atoms with Crippen molar-refractivity contribution in [1.29, 1.82) is 0 Å². The molecule has 0 atom stereocenters. The summed E-state index contributed by atoms with van der Waals surface area (Å²) in [6.45, 7) is 6.14. The maximum Gasteiger partial charge on any atom is 0.104 e. The molecule has 0 N–H and O–H groups in total. The number of hydrogen-bond acceptors (Lipinski definition) is 4. The zero-order valence-electron chi connectivity index (χ0n) is 7.79. The van der Waals surface area contributed by atoms with Gasteiger partial charge in [0, 0.05) is 10.3 Å². The Balaban J connectivity index is 2.51. The van der Waals surface area contributed by atoms with E-state index in [0.29, 0.717) is 0 Å². The van der Waals surface area contributed by atoms with Gasteiger partial charge in [0.05, 0.1) is 10.0 Å². The van der Waals surface area contributed by atoms with Crippen molar-refractivity contribution in [2.24, 2.45) is 0 Å². The highest BCUT2D eigenvalue weighted by Gasteiger charge is 2.09. The summed E-state index contributed by atoms with van der Waals surface area (Å²) >= 11 is 3.40. The maximum absolute atomic E-state index is 4.46. The predicted octanol–water partition coefficient (Wildman–Crippen LogP) is 3.19. The molecule has 0 aliphatic heterocycles. The highest BCUT2D eigenvalue weighted by molar-refractivity contribution is 7.12. The van der Waals surface area contributed by atoms with Gasteiger partial charge in [-0.3, -0.25) is 0 Å². The number of thiazole rings is 2. The molecule has 2 aromatic heterocycles. The average Bonchev–Trinajstić information content (AvgIpc) is 2.58. The molecule has 0 aliphatic carbocycles. The lowest BCUT2D eigenvalue weighted by Crippen LogP contribution is -1.80. The van der Waals surface area contributed by atoms with E-state index in [1.54, 1.807) is 22.7 Å². The lowest BCUT2D eigenvalue weighted by molar-refractivity contribution is 1.23. The molecular weight excluding hydrogens is 200 g/mol. The van der Waals surface area contributed by atoms with Gasteiger partial charge in [0.2, 0.25) is 0 Å². The molecule has 0 spiro atoms. The predicted molar refractivity (Wildman–Crippen MR) is 57.4 cm³/mol. The fourth-order valence-electron chi connectivity index (χ4n) is 1.24. The first-order valence-electron chi connectivity index (χ1n) is 4.03. The van der Waals surface area contributed by atoms with Crippen LogP contribution in [-0.4, -0.2) is 9.97 Å². The van der Waals surface area contributed by atoms with Gasteiger partial charge in [-0.25, -0.2) is 9.97 Å². The number of aryl methyl sites for hydroxylation is 3. The van der Waals surface area contributed by atoms with Gasteiger partial charge in [-0.2, -0.15) is 0 Å². The minimum Gasteiger partial charge on any atom is -0.240 e. The molecule has 0 saturated carbocycles. The normalized spacial score (nSPS) is 10.7. The molecule has 0 fully saturated rings. The third kappa shape index (κ3) is 1.64. The van der Waals surface area contributed by atoms with Crippen molar-refractivity contribution in [2.45, 2.75) is 20.8 Å². The van der Waals surface area contributed by atoms with E-state index >= 15 is 0 Å². The van der Waals surface area contributed by atoms with Crippen molar-refractivity contribution < 1.29 is 0 Å². The minimum atomic E-state index is 1.02. The molecule has 0 radical (unpaired) electrons. The van der Waals surface area contributed by atoms with E-state index in [2.05, 4.69) is 22.3 Å². The van der Waals surface area contributed by atoms with E-state index in [1.807, 2.05) is 13.8 Å². The van der Waals surface area contributed by atoms with Gasteiger partial charge < -0.3 is 0 Å². The summed E-state index contributed by atoms with van der Waals surface area (Å²) in [5.41, 5.74) is 2.07. The molecule has 2 heterocycles. The van der Waals surface area contributed by atoms with Crippen LogP contribution in [0.15, 0.2) is 5.38 Å². The molecule has 0 saturated heterocycles. The Labute approximate surface area is 85.3 Å². The van der Waals surface area contributed by atoms with Crippen molar-refractivity contribution in [2.75, 3.05) is 0 Å². The summed E-state index contributed by atoms with van der Waals surface area (Å²) in [4.78, 5) is 10.1. The van der Waals surface area contributed by atoms with Crippen LogP contribution in [0.4, 0.5) is 0 Å². The molecule has 13 heavy (non-hydrogen) atoms. The summed E-state index contributed by atoms with van der Waals surface area (Å²) < 4.78 is 0. The quantitative estimate of drug-likeness (QED) is 0.722. The highest BCUT2D eigenvalue weighted by atomic mass is 32.1. The Hall–Kier alpha value is -0.740. The molecule has 0 unspecified atom stereocenters. The van der Waals surface area contributed by atoms with E-state index in [-0.39, 0.29) is 0 Å². The lowest BCUT2D eigenvalue weighted by atomic mass is 10.3.